The highest BCUT2D eigenvalue weighted by molar-refractivity contribution is 5.94. The minimum absolute atomic E-state index is 0.0177. The van der Waals surface area contributed by atoms with Gasteiger partial charge in [-0.05, 0) is 13.8 Å². The van der Waals surface area contributed by atoms with Crippen LogP contribution in [0.1, 0.15) is 23.0 Å². The molecule has 0 radical (unpaired) electrons. The second kappa shape index (κ2) is 4.44. The predicted octanol–water partition coefficient (Wildman–Crippen LogP) is 0.148. The van der Waals surface area contributed by atoms with Crippen LogP contribution in [0.3, 0.4) is 0 Å². The fraction of sp³-hybridized carbons (Fsp3) is 0.600. The SMILES string of the molecule is Cc1nn(C)cc1C(=O)N(C)CC(C)N. The normalized spacial score (nSPS) is 12.6. The highest BCUT2D eigenvalue weighted by Crippen LogP contribution is 2.07. The van der Waals surface area contributed by atoms with Gasteiger partial charge in [0.1, 0.15) is 0 Å². The van der Waals surface area contributed by atoms with Crippen LogP contribution in [-0.4, -0.2) is 40.2 Å². The second-order valence-corrected chi connectivity index (χ2v) is 3.96. The van der Waals surface area contributed by atoms with Gasteiger partial charge in [0, 0.05) is 32.9 Å². The van der Waals surface area contributed by atoms with Crippen LogP contribution >= 0.6 is 0 Å². The van der Waals surface area contributed by atoms with Crippen molar-refractivity contribution >= 4 is 5.91 Å². The van der Waals surface area contributed by atoms with Gasteiger partial charge in [-0.25, -0.2) is 0 Å². The molecule has 15 heavy (non-hydrogen) atoms. The van der Waals surface area contributed by atoms with Gasteiger partial charge in [0.25, 0.3) is 5.91 Å². The molecule has 1 aromatic rings. The molecule has 5 nitrogen and oxygen atoms in total. The van der Waals surface area contributed by atoms with Crippen molar-refractivity contribution in [2.45, 2.75) is 19.9 Å². The first-order valence-electron chi connectivity index (χ1n) is 4.93. The van der Waals surface area contributed by atoms with Crippen molar-refractivity contribution in [3.8, 4) is 0 Å². The van der Waals surface area contributed by atoms with Crippen LogP contribution in [0, 0.1) is 6.92 Å². The van der Waals surface area contributed by atoms with Gasteiger partial charge in [-0.3, -0.25) is 9.48 Å². The number of nitrogens with zero attached hydrogens (tertiary/aromatic N) is 3. The molecule has 1 unspecified atom stereocenters. The summed E-state index contributed by atoms with van der Waals surface area (Å²) in [6.45, 7) is 4.25. The molecular formula is C10H18N4O. The number of aromatic nitrogens is 2. The number of amides is 1. The minimum Gasteiger partial charge on any atom is -0.340 e. The van der Waals surface area contributed by atoms with Crippen LogP contribution < -0.4 is 5.73 Å². The smallest absolute Gasteiger partial charge is 0.257 e. The summed E-state index contributed by atoms with van der Waals surface area (Å²) in [5, 5.41) is 4.13. The van der Waals surface area contributed by atoms with E-state index in [9.17, 15) is 4.79 Å². The number of carbonyl (C=O) groups excluding carboxylic acids is 1. The number of aryl methyl sites for hydroxylation is 2. The summed E-state index contributed by atoms with van der Waals surface area (Å²) in [6.07, 6.45) is 1.73. The Balaban J connectivity index is 2.80. The molecule has 0 spiro atoms. The minimum atomic E-state index is -0.0297. The molecule has 1 aromatic heterocycles. The quantitative estimate of drug-likeness (QED) is 0.772. The van der Waals surface area contributed by atoms with E-state index in [4.69, 9.17) is 5.73 Å². The highest BCUT2D eigenvalue weighted by Gasteiger charge is 2.17. The maximum atomic E-state index is 11.9. The molecular weight excluding hydrogens is 192 g/mol. The van der Waals surface area contributed by atoms with Crippen molar-refractivity contribution in [3.63, 3.8) is 0 Å². The van der Waals surface area contributed by atoms with Crippen molar-refractivity contribution in [2.24, 2.45) is 12.8 Å². The monoisotopic (exact) mass is 210 g/mol. The Labute approximate surface area is 89.9 Å². The Bertz CT molecular complexity index is 356. The molecule has 0 bridgehead atoms. The summed E-state index contributed by atoms with van der Waals surface area (Å²) >= 11 is 0. The zero-order chi connectivity index (χ0) is 11.6. The van der Waals surface area contributed by atoms with Gasteiger partial charge in [0.2, 0.25) is 0 Å². The lowest BCUT2D eigenvalue weighted by Gasteiger charge is -2.18. The molecule has 2 N–H and O–H groups in total. The average Bonchev–Trinajstić information content (AvgIpc) is 2.42. The van der Waals surface area contributed by atoms with Crippen molar-refractivity contribution in [1.29, 1.82) is 0 Å². The fourth-order valence-electron chi connectivity index (χ4n) is 1.53. The van der Waals surface area contributed by atoms with Gasteiger partial charge < -0.3 is 10.6 Å². The van der Waals surface area contributed by atoms with Gasteiger partial charge in [0.15, 0.2) is 0 Å². The standard InChI is InChI=1S/C10H18N4O/c1-7(11)5-13(3)10(15)9-6-14(4)12-8(9)2/h6-7H,5,11H2,1-4H3. The molecule has 1 atom stereocenters. The molecule has 0 saturated heterocycles. The maximum absolute atomic E-state index is 11.9. The summed E-state index contributed by atoms with van der Waals surface area (Å²) in [7, 11) is 3.55. The number of rotatable bonds is 3. The Morgan fingerprint density at radius 2 is 2.33 bits per heavy atom. The molecule has 0 aliphatic rings. The number of carbonyl (C=O) groups is 1. The molecule has 1 amide bonds. The molecule has 0 aliphatic heterocycles. The van der Waals surface area contributed by atoms with E-state index in [0.29, 0.717) is 12.1 Å². The molecule has 0 saturated carbocycles. The van der Waals surface area contributed by atoms with Crippen molar-refractivity contribution in [2.75, 3.05) is 13.6 Å². The van der Waals surface area contributed by atoms with E-state index in [0.717, 1.165) is 5.69 Å². The molecule has 1 rings (SSSR count). The molecule has 1 heterocycles. The summed E-state index contributed by atoms with van der Waals surface area (Å²) in [5.74, 6) is -0.0297. The van der Waals surface area contributed by atoms with E-state index in [1.165, 1.54) is 0 Å². The lowest BCUT2D eigenvalue weighted by molar-refractivity contribution is 0.0788. The van der Waals surface area contributed by atoms with Gasteiger partial charge in [-0.15, -0.1) is 0 Å². The first kappa shape index (κ1) is 11.7. The molecule has 0 aliphatic carbocycles. The van der Waals surface area contributed by atoms with Crippen LogP contribution in [0.15, 0.2) is 6.20 Å². The van der Waals surface area contributed by atoms with E-state index in [-0.39, 0.29) is 11.9 Å². The summed E-state index contributed by atoms with van der Waals surface area (Å²) in [5.41, 5.74) is 7.03. The zero-order valence-electron chi connectivity index (χ0n) is 9.69. The Morgan fingerprint density at radius 3 is 2.73 bits per heavy atom. The number of hydrogen-bond acceptors (Lipinski definition) is 3. The van der Waals surface area contributed by atoms with Crippen LogP contribution in [0.5, 0.6) is 0 Å². The molecule has 5 heteroatoms. The van der Waals surface area contributed by atoms with E-state index >= 15 is 0 Å². The zero-order valence-corrected chi connectivity index (χ0v) is 9.69. The van der Waals surface area contributed by atoms with Gasteiger partial charge in [0.05, 0.1) is 11.3 Å². The van der Waals surface area contributed by atoms with E-state index < -0.39 is 0 Å². The summed E-state index contributed by atoms with van der Waals surface area (Å²) in [6, 6.07) is -0.0177. The van der Waals surface area contributed by atoms with Crippen molar-refractivity contribution in [3.05, 3.63) is 17.5 Å². The molecule has 84 valence electrons. The van der Waals surface area contributed by atoms with Crippen molar-refractivity contribution < 1.29 is 4.79 Å². The summed E-state index contributed by atoms with van der Waals surface area (Å²) in [4.78, 5) is 13.6. The fourth-order valence-corrected chi connectivity index (χ4v) is 1.53. The van der Waals surface area contributed by atoms with Crippen LogP contribution in [0.4, 0.5) is 0 Å². The van der Waals surface area contributed by atoms with E-state index in [1.54, 1.807) is 29.9 Å². The highest BCUT2D eigenvalue weighted by atomic mass is 16.2. The van der Waals surface area contributed by atoms with E-state index in [2.05, 4.69) is 5.10 Å². The van der Waals surface area contributed by atoms with Crippen molar-refractivity contribution in [1.82, 2.24) is 14.7 Å². The Kier molecular flexibility index (Phi) is 3.47. The Morgan fingerprint density at radius 1 is 1.73 bits per heavy atom. The van der Waals surface area contributed by atoms with Gasteiger partial charge >= 0.3 is 0 Å². The topological polar surface area (TPSA) is 64.2 Å². The van der Waals surface area contributed by atoms with Crippen LogP contribution in [-0.2, 0) is 7.05 Å². The van der Waals surface area contributed by atoms with Gasteiger partial charge in [-0.2, -0.15) is 5.10 Å². The predicted molar refractivity (Wildman–Crippen MR) is 58.6 cm³/mol. The first-order chi connectivity index (χ1) is 6.91. The largest absolute Gasteiger partial charge is 0.340 e. The first-order valence-corrected chi connectivity index (χ1v) is 4.93. The third-order valence-corrected chi connectivity index (χ3v) is 2.15. The third-order valence-electron chi connectivity index (χ3n) is 2.15. The van der Waals surface area contributed by atoms with Crippen LogP contribution in [0.25, 0.3) is 0 Å². The maximum Gasteiger partial charge on any atom is 0.257 e. The number of likely N-dealkylation sites (N-methyl/N-ethyl adjacent to an activating group) is 1. The summed E-state index contributed by atoms with van der Waals surface area (Å²) < 4.78 is 1.64. The number of hydrogen-bond donors (Lipinski definition) is 1. The molecule has 0 aromatic carbocycles. The Hall–Kier alpha value is -1.36. The van der Waals surface area contributed by atoms with E-state index in [1.807, 2.05) is 13.8 Å². The lowest BCUT2D eigenvalue weighted by atomic mass is 10.2. The van der Waals surface area contributed by atoms with Crippen LogP contribution in [0.2, 0.25) is 0 Å². The lowest BCUT2D eigenvalue weighted by Crippen LogP contribution is -2.37. The molecule has 0 fully saturated rings. The third kappa shape index (κ3) is 2.79. The second-order valence-electron chi connectivity index (χ2n) is 3.96. The van der Waals surface area contributed by atoms with Gasteiger partial charge in [-0.1, -0.05) is 0 Å². The average molecular weight is 210 g/mol. The number of nitrogens with two attached hydrogens (primary N) is 1.